The Bertz CT molecular complexity index is 1240. The first-order chi connectivity index (χ1) is 17.1. The number of rotatable bonds is 7. The van der Waals surface area contributed by atoms with Gasteiger partial charge in [-0.25, -0.2) is 0 Å². The van der Waals surface area contributed by atoms with Crippen molar-refractivity contribution in [3.63, 3.8) is 0 Å². The summed E-state index contributed by atoms with van der Waals surface area (Å²) in [6.07, 6.45) is 3.22. The number of nitrogens with zero attached hydrogens (tertiary/aromatic N) is 2. The molecule has 178 valence electrons. The van der Waals surface area contributed by atoms with Gasteiger partial charge >= 0.3 is 0 Å². The Balaban J connectivity index is 1.34. The van der Waals surface area contributed by atoms with Gasteiger partial charge in [0.15, 0.2) is 0 Å². The highest BCUT2D eigenvalue weighted by atomic mass is 16.2. The molecule has 2 heterocycles. The fourth-order valence-corrected chi connectivity index (χ4v) is 5.06. The van der Waals surface area contributed by atoms with Crippen LogP contribution >= 0.6 is 0 Å². The molecule has 1 N–H and O–H groups in total. The van der Waals surface area contributed by atoms with Crippen LogP contribution in [0.15, 0.2) is 78.9 Å². The zero-order valence-electron chi connectivity index (χ0n) is 19.7. The average Bonchev–Trinajstić information content (AvgIpc) is 3.37. The molecular weight excluding hydrogens is 438 g/mol. The molecule has 0 spiro atoms. The van der Waals surface area contributed by atoms with Crippen molar-refractivity contribution in [2.75, 3.05) is 18.0 Å². The van der Waals surface area contributed by atoms with E-state index in [9.17, 15) is 14.4 Å². The quantitative estimate of drug-likeness (QED) is 0.530. The summed E-state index contributed by atoms with van der Waals surface area (Å²) in [5, 5.41) is 3.03. The van der Waals surface area contributed by atoms with E-state index in [2.05, 4.69) is 17.4 Å². The number of hydrogen-bond acceptors (Lipinski definition) is 3. The maximum atomic E-state index is 13.6. The van der Waals surface area contributed by atoms with Crippen LogP contribution in [0.4, 0.5) is 5.69 Å². The zero-order chi connectivity index (χ0) is 24.2. The third kappa shape index (κ3) is 4.69. The fraction of sp³-hybridized carbons (Fsp3) is 0.276. The average molecular weight is 468 g/mol. The first-order valence-corrected chi connectivity index (χ1v) is 12.2. The maximum absolute atomic E-state index is 13.6. The number of benzene rings is 3. The summed E-state index contributed by atoms with van der Waals surface area (Å²) in [5.41, 5.74) is 3.70. The molecular formula is C29H29N3O3. The minimum atomic E-state index is -0.450. The van der Waals surface area contributed by atoms with Gasteiger partial charge in [0.05, 0.1) is 17.8 Å². The number of fused-ring (bicyclic) bond motifs is 2. The molecule has 1 atom stereocenters. The normalized spacial score (nSPS) is 17.1. The minimum absolute atomic E-state index is 0.0844. The Morgan fingerprint density at radius 3 is 2.51 bits per heavy atom. The van der Waals surface area contributed by atoms with Crippen molar-refractivity contribution < 1.29 is 14.4 Å². The first-order valence-electron chi connectivity index (χ1n) is 12.2. The molecule has 5 rings (SSSR count). The van der Waals surface area contributed by atoms with Crippen molar-refractivity contribution in [1.82, 2.24) is 10.2 Å². The molecule has 3 aromatic carbocycles. The van der Waals surface area contributed by atoms with E-state index in [0.717, 1.165) is 24.8 Å². The molecule has 0 saturated carbocycles. The van der Waals surface area contributed by atoms with Crippen LogP contribution in [0.1, 0.15) is 51.1 Å². The summed E-state index contributed by atoms with van der Waals surface area (Å²) in [6, 6.07) is 24.4. The van der Waals surface area contributed by atoms with Gasteiger partial charge in [0.2, 0.25) is 5.91 Å². The van der Waals surface area contributed by atoms with Gasteiger partial charge in [-0.3, -0.25) is 14.4 Å². The molecule has 2 aliphatic heterocycles. The van der Waals surface area contributed by atoms with Crippen molar-refractivity contribution in [2.45, 2.75) is 38.3 Å². The van der Waals surface area contributed by atoms with Gasteiger partial charge in [-0.1, -0.05) is 60.7 Å². The molecule has 3 amide bonds. The van der Waals surface area contributed by atoms with Crippen molar-refractivity contribution >= 4 is 23.4 Å². The lowest BCUT2D eigenvalue weighted by atomic mass is 10.0. The monoisotopic (exact) mass is 467 g/mol. The standard InChI is InChI=1S/C29H29N3O3/c33-27(30-18-8-12-21-10-2-1-3-11-21)23-14-5-4-13-22(23)20-32-25-16-7-6-15-24(25)28(34)31-19-9-17-26(31)29(32)35/h1-7,10-11,13-16,26H,8-9,12,17-20H2,(H,30,33)/t26-/m1/s1. The van der Waals surface area contributed by atoms with Gasteiger partial charge in [0, 0.05) is 18.7 Å². The van der Waals surface area contributed by atoms with E-state index in [1.165, 1.54) is 5.56 Å². The SMILES string of the molecule is O=C(NCCCc1ccccc1)c1ccccc1CN1C(=O)[C@H]2CCCN2C(=O)c2ccccc21. The van der Waals surface area contributed by atoms with Gasteiger partial charge in [0.1, 0.15) is 6.04 Å². The molecule has 0 radical (unpaired) electrons. The van der Waals surface area contributed by atoms with E-state index >= 15 is 0 Å². The minimum Gasteiger partial charge on any atom is -0.352 e. The van der Waals surface area contributed by atoms with Crippen LogP contribution in [0.2, 0.25) is 0 Å². The van der Waals surface area contributed by atoms with Crippen LogP contribution in [-0.2, 0) is 17.8 Å². The van der Waals surface area contributed by atoms with E-state index in [4.69, 9.17) is 0 Å². The predicted octanol–water partition coefficient (Wildman–Crippen LogP) is 4.20. The third-order valence-corrected chi connectivity index (χ3v) is 6.85. The Labute approximate surface area is 205 Å². The molecule has 2 aliphatic rings. The van der Waals surface area contributed by atoms with Crippen LogP contribution in [-0.4, -0.2) is 41.8 Å². The second kappa shape index (κ2) is 10.1. The van der Waals surface area contributed by atoms with Crippen molar-refractivity contribution in [2.24, 2.45) is 0 Å². The van der Waals surface area contributed by atoms with E-state index in [-0.39, 0.29) is 24.3 Å². The van der Waals surface area contributed by atoms with Crippen molar-refractivity contribution in [1.29, 1.82) is 0 Å². The van der Waals surface area contributed by atoms with Crippen LogP contribution in [0.3, 0.4) is 0 Å². The molecule has 0 aromatic heterocycles. The van der Waals surface area contributed by atoms with Crippen LogP contribution in [0.5, 0.6) is 0 Å². The van der Waals surface area contributed by atoms with Gasteiger partial charge in [-0.2, -0.15) is 0 Å². The Kier molecular flexibility index (Phi) is 6.62. The van der Waals surface area contributed by atoms with Crippen LogP contribution < -0.4 is 10.2 Å². The fourth-order valence-electron chi connectivity index (χ4n) is 5.06. The zero-order valence-corrected chi connectivity index (χ0v) is 19.7. The van der Waals surface area contributed by atoms with Gasteiger partial charge in [-0.15, -0.1) is 0 Å². The third-order valence-electron chi connectivity index (χ3n) is 6.85. The summed E-state index contributed by atoms with van der Waals surface area (Å²) < 4.78 is 0. The highest BCUT2D eigenvalue weighted by Crippen LogP contribution is 2.33. The molecule has 0 bridgehead atoms. The summed E-state index contributed by atoms with van der Waals surface area (Å²) >= 11 is 0. The van der Waals surface area contributed by atoms with Crippen LogP contribution in [0.25, 0.3) is 0 Å². The highest BCUT2D eigenvalue weighted by Gasteiger charge is 2.42. The molecule has 0 unspecified atom stereocenters. The predicted molar refractivity (Wildman–Crippen MR) is 135 cm³/mol. The second-order valence-electron chi connectivity index (χ2n) is 9.10. The lowest BCUT2D eigenvalue weighted by Crippen LogP contribution is -2.44. The Hall–Kier alpha value is -3.93. The number of anilines is 1. The van der Waals surface area contributed by atoms with Crippen molar-refractivity contribution in [3.05, 3.63) is 101 Å². The smallest absolute Gasteiger partial charge is 0.256 e. The number of nitrogens with one attached hydrogen (secondary N) is 1. The van der Waals surface area contributed by atoms with E-state index in [1.807, 2.05) is 54.6 Å². The largest absolute Gasteiger partial charge is 0.352 e. The Morgan fingerprint density at radius 2 is 1.66 bits per heavy atom. The topological polar surface area (TPSA) is 69.7 Å². The number of amides is 3. The lowest BCUT2D eigenvalue weighted by Gasteiger charge is -2.26. The summed E-state index contributed by atoms with van der Waals surface area (Å²) in [6.45, 7) is 1.40. The molecule has 1 saturated heterocycles. The van der Waals surface area contributed by atoms with Crippen LogP contribution in [0, 0.1) is 0 Å². The number of carbonyl (C=O) groups is 3. The second-order valence-corrected chi connectivity index (χ2v) is 9.10. The molecule has 1 fully saturated rings. The maximum Gasteiger partial charge on any atom is 0.256 e. The molecule has 6 nitrogen and oxygen atoms in total. The number of carbonyl (C=O) groups excluding carboxylic acids is 3. The van der Waals surface area contributed by atoms with Gasteiger partial charge in [-0.05, 0) is 55.0 Å². The van der Waals surface area contributed by atoms with Gasteiger partial charge < -0.3 is 15.1 Å². The lowest BCUT2D eigenvalue weighted by molar-refractivity contribution is -0.122. The summed E-state index contributed by atoms with van der Waals surface area (Å²) in [4.78, 5) is 43.2. The summed E-state index contributed by atoms with van der Waals surface area (Å²) in [7, 11) is 0. The van der Waals surface area contributed by atoms with E-state index in [1.54, 1.807) is 21.9 Å². The molecule has 35 heavy (non-hydrogen) atoms. The number of aryl methyl sites for hydroxylation is 1. The Morgan fingerprint density at radius 1 is 0.914 bits per heavy atom. The van der Waals surface area contributed by atoms with E-state index < -0.39 is 6.04 Å². The molecule has 3 aromatic rings. The number of para-hydroxylation sites is 1. The summed E-state index contributed by atoms with van der Waals surface area (Å²) in [5.74, 6) is -0.329. The highest BCUT2D eigenvalue weighted by molar-refractivity contribution is 6.11. The number of hydrogen-bond donors (Lipinski definition) is 1. The molecule has 0 aliphatic carbocycles. The van der Waals surface area contributed by atoms with E-state index in [0.29, 0.717) is 36.3 Å². The van der Waals surface area contributed by atoms with Crippen molar-refractivity contribution in [3.8, 4) is 0 Å². The molecule has 6 heteroatoms. The first kappa shape index (κ1) is 22.8. The van der Waals surface area contributed by atoms with Gasteiger partial charge in [0.25, 0.3) is 11.8 Å².